The Labute approximate surface area is 122 Å². The van der Waals surface area contributed by atoms with Crippen molar-refractivity contribution in [3.05, 3.63) is 35.9 Å². The minimum Gasteiger partial charge on any atom is -0.508 e. The topological polar surface area (TPSA) is 86.6 Å². The summed E-state index contributed by atoms with van der Waals surface area (Å²) in [6, 6.07) is 4.89. The molecule has 0 radical (unpaired) electrons. The Balaban J connectivity index is 1.80. The molecular weight excluding hydrogens is 270 g/mol. The van der Waals surface area contributed by atoms with E-state index in [9.17, 15) is 19.8 Å². The number of amides is 1. The first-order valence-electron chi connectivity index (χ1n) is 6.99. The number of carboxylic acid groups (broad SMARTS) is 1. The van der Waals surface area contributed by atoms with Crippen LogP contribution in [0.5, 0.6) is 5.75 Å². The van der Waals surface area contributed by atoms with Crippen LogP contribution >= 0.6 is 0 Å². The molecule has 110 valence electrons. The van der Waals surface area contributed by atoms with Gasteiger partial charge in [0.15, 0.2) is 0 Å². The summed E-state index contributed by atoms with van der Waals surface area (Å²) >= 11 is 0. The average molecular weight is 287 g/mol. The van der Waals surface area contributed by atoms with Crippen LogP contribution in [-0.2, 0) is 9.59 Å². The van der Waals surface area contributed by atoms with Crippen LogP contribution in [0.4, 0.5) is 5.69 Å². The summed E-state index contributed by atoms with van der Waals surface area (Å²) in [5, 5.41) is 21.7. The molecule has 3 rings (SSSR count). The summed E-state index contributed by atoms with van der Waals surface area (Å²) in [6.07, 6.45) is 4.58. The molecule has 2 aliphatic carbocycles. The van der Waals surface area contributed by atoms with Crippen molar-refractivity contribution in [1.29, 1.82) is 0 Å². The van der Waals surface area contributed by atoms with Crippen LogP contribution in [0.2, 0.25) is 0 Å². The lowest BCUT2D eigenvalue weighted by atomic mass is 9.82. The molecule has 0 heterocycles. The Kier molecular flexibility index (Phi) is 3.20. The van der Waals surface area contributed by atoms with Gasteiger partial charge in [-0.2, -0.15) is 0 Å². The maximum atomic E-state index is 12.4. The first-order valence-corrected chi connectivity index (χ1v) is 6.99. The molecule has 1 aromatic rings. The third-order valence-corrected chi connectivity index (χ3v) is 4.52. The molecule has 4 atom stereocenters. The average Bonchev–Trinajstić information content (AvgIpc) is 3.03. The van der Waals surface area contributed by atoms with E-state index in [0.717, 1.165) is 12.0 Å². The molecule has 3 N–H and O–H groups in total. The quantitative estimate of drug-likeness (QED) is 0.743. The number of benzene rings is 1. The van der Waals surface area contributed by atoms with Crippen LogP contribution in [-0.4, -0.2) is 22.1 Å². The SMILES string of the molecule is Cc1ccc(NC(=O)[C@H]2C3C=CC(C3)[C@H]2C(=O)O)cc1O. The van der Waals surface area contributed by atoms with Gasteiger partial charge in [-0.15, -0.1) is 0 Å². The van der Waals surface area contributed by atoms with Crippen molar-refractivity contribution >= 4 is 17.6 Å². The zero-order chi connectivity index (χ0) is 15.1. The number of carbonyl (C=O) groups is 2. The van der Waals surface area contributed by atoms with Crippen LogP contribution in [0, 0.1) is 30.6 Å². The summed E-state index contributed by atoms with van der Waals surface area (Å²) in [4.78, 5) is 23.8. The number of allylic oxidation sites excluding steroid dienone is 2. The number of aromatic hydroxyl groups is 1. The van der Waals surface area contributed by atoms with E-state index in [-0.39, 0.29) is 23.5 Å². The van der Waals surface area contributed by atoms with Gasteiger partial charge in [0.1, 0.15) is 5.75 Å². The zero-order valence-corrected chi connectivity index (χ0v) is 11.6. The van der Waals surface area contributed by atoms with E-state index in [0.29, 0.717) is 5.69 Å². The second kappa shape index (κ2) is 4.91. The lowest BCUT2D eigenvalue weighted by Crippen LogP contribution is -2.36. The normalized spacial score (nSPS) is 29.6. The molecule has 0 spiro atoms. The molecule has 2 unspecified atom stereocenters. The molecular formula is C16H17NO4. The molecule has 5 heteroatoms. The molecule has 1 aromatic carbocycles. The number of anilines is 1. The highest BCUT2D eigenvalue weighted by Crippen LogP contribution is 2.48. The molecule has 1 saturated carbocycles. The van der Waals surface area contributed by atoms with E-state index in [1.54, 1.807) is 19.1 Å². The van der Waals surface area contributed by atoms with Crippen molar-refractivity contribution in [2.45, 2.75) is 13.3 Å². The monoisotopic (exact) mass is 287 g/mol. The van der Waals surface area contributed by atoms with Crippen LogP contribution in [0.25, 0.3) is 0 Å². The molecule has 5 nitrogen and oxygen atoms in total. The Hall–Kier alpha value is -2.30. The van der Waals surface area contributed by atoms with Crippen LogP contribution < -0.4 is 5.32 Å². The van der Waals surface area contributed by atoms with Gasteiger partial charge in [0.2, 0.25) is 5.91 Å². The summed E-state index contributed by atoms with van der Waals surface area (Å²) in [7, 11) is 0. The number of nitrogens with one attached hydrogen (secondary N) is 1. The van der Waals surface area contributed by atoms with Crippen molar-refractivity contribution in [3.63, 3.8) is 0 Å². The van der Waals surface area contributed by atoms with Crippen LogP contribution in [0.15, 0.2) is 30.4 Å². The van der Waals surface area contributed by atoms with E-state index in [1.165, 1.54) is 6.07 Å². The molecule has 21 heavy (non-hydrogen) atoms. The summed E-state index contributed by atoms with van der Waals surface area (Å²) < 4.78 is 0. The third kappa shape index (κ3) is 2.28. The summed E-state index contributed by atoms with van der Waals surface area (Å²) in [6.45, 7) is 1.77. The van der Waals surface area contributed by atoms with E-state index < -0.39 is 17.8 Å². The lowest BCUT2D eigenvalue weighted by Gasteiger charge is -2.23. The first-order chi connectivity index (χ1) is 9.97. The minimum atomic E-state index is -0.918. The second-order valence-electron chi connectivity index (χ2n) is 5.83. The molecule has 0 aliphatic heterocycles. The number of fused-ring (bicyclic) bond motifs is 2. The maximum absolute atomic E-state index is 12.4. The first kappa shape index (κ1) is 13.7. The fourth-order valence-electron chi connectivity index (χ4n) is 3.43. The predicted octanol–water partition coefficient (Wildman–Crippen LogP) is 2.16. The molecule has 1 amide bonds. The standard InChI is InChI=1S/C16H17NO4/c1-8-2-5-11(7-12(8)18)17-15(19)13-9-3-4-10(6-9)14(13)16(20)21/h2-5,7,9-10,13-14,18H,6H2,1H3,(H,17,19)(H,20,21)/t9?,10?,13-,14+/m0/s1. The van der Waals surface area contributed by atoms with Gasteiger partial charge in [-0.1, -0.05) is 18.2 Å². The van der Waals surface area contributed by atoms with E-state index in [4.69, 9.17) is 0 Å². The van der Waals surface area contributed by atoms with Crippen molar-refractivity contribution in [2.24, 2.45) is 23.7 Å². The zero-order valence-electron chi connectivity index (χ0n) is 11.6. The molecule has 1 fully saturated rings. The van der Waals surface area contributed by atoms with Crippen LogP contribution in [0.3, 0.4) is 0 Å². The molecule has 2 aliphatic rings. The number of phenols is 1. The Bertz CT molecular complexity index is 637. The number of hydrogen-bond donors (Lipinski definition) is 3. The number of aliphatic carboxylic acids is 1. The highest BCUT2D eigenvalue weighted by molar-refractivity contribution is 5.96. The number of aryl methyl sites for hydroxylation is 1. The van der Waals surface area contributed by atoms with Gasteiger partial charge in [-0.3, -0.25) is 9.59 Å². The molecule has 0 saturated heterocycles. The van der Waals surface area contributed by atoms with E-state index >= 15 is 0 Å². The van der Waals surface area contributed by atoms with E-state index in [1.807, 2.05) is 12.2 Å². The van der Waals surface area contributed by atoms with Gasteiger partial charge < -0.3 is 15.5 Å². The van der Waals surface area contributed by atoms with Crippen molar-refractivity contribution in [3.8, 4) is 5.75 Å². The highest BCUT2D eigenvalue weighted by atomic mass is 16.4. The highest BCUT2D eigenvalue weighted by Gasteiger charge is 2.51. The fourth-order valence-corrected chi connectivity index (χ4v) is 3.43. The fraction of sp³-hybridized carbons (Fsp3) is 0.375. The van der Waals surface area contributed by atoms with Gasteiger partial charge >= 0.3 is 5.97 Å². The third-order valence-electron chi connectivity index (χ3n) is 4.52. The molecule has 2 bridgehead atoms. The molecule has 0 aromatic heterocycles. The van der Waals surface area contributed by atoms with Crippen molar-refractivity contribution in [1.82, 2.24) is 0 Å². The number of hydrogen-bond acceptors (Lipinski definition) is 3. The number of carbonyl (C=O) groups excluding carboxylic acids is 1. The second-order valence-corrected chi connectivity index (χ2v) is 5.83. The van der Waals surface area contributed by atoms with Gasteiger partial charge in [0.05, 0.1) is 11.8 Å². The number of phenolic OH excluding ortho intramolecular Hbond substituents is 1. The van der Waals surface area contributed by atoms with Gasteiger partial charge in [0.25, 0.3) is 0 Å². The Morgan fingerprint density at radius 2 is 1.86 bits per heavy atom. The number of rotatable bonds is 3. The lowest BCUT2D eigenvalue weighted by molar-refractivity contribution is -0.146. The van der Waals surface area contributed by atoms with Gasteiger partial charge in [-0.05, 0) is 36.8 Å². The van der Waals surface area contributed by atoms with Crippen LogP contribution in [0.1, 0.15) is 12.0 Å². The smallest absolute Gasteiger partial charge is 0.307 e. The van der Waals surface area contributed by atoms with E-state index in [2.05, 4.69) is 5.32 Å². The van der Waals surface area contributed by atoms with Gasteiger partial charge in [-0.25, -0.2) is 0 Å². The van der Waals surface area contributed by atoms with Gasteiger partial charge in [0, 0.05) is 11.8 Å². The summed E-state index contributed by atoms with van der Waals surface area (Å²) in [5.41, 5.74) is 1.21. The van der Waals surface area contributed by atoms with Crippen molar-refractivity contribution < 1.29 is 19.8 Å². The summed E-state index contributed by atoms with van der Waals surface area (Å²) in [5.74, 6) is -2.35. The van der Waals surface area contributed by atoms with Crippen molar-refractivity contribution in [2.75, 3.05) is 5.32 Å². The minimum absolute atomic E-state index is 0.00450. The number of carboxylic acids is 1. The maximum Gasteiger partial charge on any atom is 0.307 e. The Morgan fingerprint density at radius 1 is 1.19 bits per heavy atom. The largest absolute Gasteiger partial charge is 0.508 e. The predicted molar refractivity (Wildman–Crippen MR) is 76.8 cm³/mol. The Morgan fingerprint density at radius 3 is 2.48 bits per heavy atom.